The molecule has 5 heteroatoms. The number of amides is 1. The summed E-state index contributed by atoms with van der Waals surface area (Å²) < 4.78 is 10.5. The highest BCUT2D eigenvalue weighted by atomic mass is 16.5. The van der Waals surface area contributed by atoms with Crippen molar-refractivity contribution in [2.24, 2.45) is 5.92 Å². The Kier molecular flexibility index (Phi) is 6.07. The third kappa shape index (κ3) is 4.37. The molecule has 1 amide bonds. The quantitative estimate of drug-likeness (QED) is 0.754. The van der Waals surface area contributed by atoms with Crippen molar-refractivity contribution < 1.29 is 14.3 Å². The van der Waals surface area contributed by atoms with Crippen molar-refractivity contribution in [3.05, 3.63) is 24.3 Å². The average molecular weight is 306 g/mol. The van der Waals surface area contributed by atoms with Gasteiger partial charge in [0.25, 0.3) is 0 Å². The maximum Gasteiger partial charge on any atom is 0.225 e. The van der Waals surface area contributed by atoms with E-state index in [1.165, 1.54) is 5.69 Å². The van der Waals surface area contributed by atoms with Crippen LogP contribution >= 0.6 is 0 Å². The zero-order valence-corrected chi connectivity index (χ0v) is 13.7. The minimum Gasteiger partial charge on any atom is -0.491 e. The van der Waals surface area contributed by atoms with E-state index in [1.807, 2.05) is 30.9 Å². The summed E-state index contributed by atoms with van der Waals surface area (Å²) in [4.78, 5) is 16.3. The van der Waals surface area contributed by atoms with Gasteiger partial charge in [-0.3, -0.25) is 4.79 Å². The van der Waals surface area contributed by atoms with E-state index in [4.69, 9.17) is 9.47 Å². The van der Waals surface area contributed by atoms with Crippen LogP contribution in [0.25, 0.3) is 0 Å². The third-order valence-corrected chi connectivity index (χ3v) is 3.84. The third-order valence-electron chi connectivity index (χ3n) is 3.84. The predicted octanol–water partition coefficient (Wildman–Crippen LogP) is 2.02. The van der Waals surface area contributed by atoms with E-state index < -0.39 is 0 Å². The topological polar surface area (TPSA) is 42.0 Å². The summed E-state index contributed by atoms with van der Waals surface area (Å²) in [5.74, 6) is 1.19. The van der Waals surface area contributed by atoms with Gasteiger partial charge in [0.15, 0.2) is 0 Å². The van der Waals surface area contributed by atoms with Crippen LogP contribution in [-0.2, 0) is 9.53 Å². The summed E-state index contributed by atoms with van der Waals surface area (Å²) in [6, 6.07) is 8.11. The molecule has 1 aromatic carbocycles. The maximum absolute atomic E-state index is 12.0. The van der Waals surface area contributed by atoms with E-state index in [2.05, 4.69) is 17.0 Å². The Hall–Kier alpha value is -1.75. The molecule has 5 nitrogen and oxygen atoms in total. The van der Waals surface area contributed by atoms with Gasteiger partial charge in [0.1, 0.15) is 12.4 Å². The number of anilines is 1. The van der Waals surface area contributed by atoms with Gasteiger partial charge in [0, 0.05) is 44.9 Å². The normalized spacial score (nSPS) is 15.3. The zero-order chi connectivity index (χ0) is 15.9. The van der Waals surface area contributed by atoms with Gasteiger partial charge in [-0.2, -0.15) is 0 Å². The van der Waals surface area contributed by atoms with E-state index in [0.29, 0.717) is 13.2 Å². The van der Waals surface area contributed by atoms with Gasteiger partial charge in [0.2, 0.25) is 5.91 Å². The molecule has 1 aromatic rings. The molecule has 0 atom stereocenters. The van der Waals surface area contributed by atoms with E-state index in [1.54, 1.807) is 7.11 Å². The molecule has 0 aromatic heterocycles. The molecule has 0 spiro atoms. The highest BCUT2D eigenvalue weighted by Gasteiger charge is 2.22. The lowest BCUT2D eigenvalue weighted by molar-refractivity contribution is -0.134. The Bertz CT molecular complexity index is 465. The van der Waals surface area contributed by atoms with Crippen LogP contribution in [0.2, 0.25) is 0 Å². The largest absolute Gasteiger partial charge is 0.491 e. The number of nitrogens with zero attached hydrogens (tertiary/aromatic N) is 2. The summed E-state index contributed by atoms with van der Waals surface area (Å²) in [6.45, 7) is 8.41. The minimum atomic E-state index is 0.0788. The maximum atomic E-state index is 12.0. The van der Waals surface area contributed by atoms with Crippen LogP contribution in [0.5, 0.6) is 5.75 Å². The molecule has 0 N–H and O–H groups in total. The van der Waals surface area contributed by atoms with Crippen molar-refractivity contribution in [3.63, 3.8) is 0 Å². The fourth-order valence-electron chi connectivity index (χ4n) is 2.55. The van der Waals surface area contributed by atoms with Gasteiger partial charge in [-0.25, -0.2) is 0 Å². The fraction of sp³-hybridized carbons (Fsp3) is 0.588. The van der Waals surface area contributed by atoms with E-state index in [-0.39, 0.29) is 11.8 Å². The zero-order valence-electron chi connectivity index (χ0n) is 13.7. The van der Waals surface area contributed by atoms with Crippen molar-refractivity contribution in [3.8, 4) is 5.75 Å². The Morgan fingerprint density at radius 3 is 2.27 bits per heavy atom. The predicted molar refractivity (Wildman–Crippen MR) is 87.4 cm³/mol. The smallest absolute Gasteiger partial charge is 0.225 e. The number of carbonyl (C=O) groups excluding carboxylic acids is 1. The molecule has 1 fully saturated rings. The first-order valence-electron chi connectivity index (χ1n) is 7.87. The Balaban J connectivity index is 1.85. The molecule has 1 saturated heterocycles. The summed E-state index contributed by atoms with van der Waals surface area (Å²) in [6.07, 6.45) is 0. The Morgan fingerprint density at radius 2 is 1.73 bits per heavy atom. The van der Waals surface area contributed by atoms with Crippen molar-refractivity contribution >= 4 is 11.6 Å². The molecule has 122 valence electrons. The monoisotopic (exact) mass is 306 g/mol. The number of hydrogen-bond acceptors (Lipinski definition) is 4. The van der Waals surface area contributed by atoms with Gasteiger partial charge in [-0.1, -0.05) is 13.8 Å². The van der Waals surface area contributed by atoms with Crippen LogP contribution in [0.15, 0.2) is 24.3 Å². The van der Waals surface area contributed by atoms with Crippen molar-refractivity contribution in [1.82, 2.24) is 4.90 Å². The van der Waals surface area contributed by atoms with Gasteiger partial charge in [-0.05, 0) is 24.3 Å². The van der Waals surface area contributed by atoms with Gasteiger partial charge >= 0.3 is 0 Å². The second kappa shape index (κ2) is 8.03. The molecule has 22 heavy (non-hydrogen) atoms. The molecule has 0 saturated carbocycles. The van der Waals surface area contributed by atoms with Crippen LogP contribution in [-0.4, -0.2) is 57.3 Å². The molecular formula is C17H26N2O3. The molecule has 0 bridgehead atoms. The van der Waals surface area contributed by atoms with Crippen LogP contribution in [0, 0.1) is 5.92 Å². The molecule has 0 radical (unpaired) electrons. The molecule has 0 aliphatic carbocycles. The minimum absolute atomic E-state index is 0.0788. The average Bonchev–Trinajstić information content (AvgIpc) is 2.55. The molecule has 1 aliphatic rings. The second-order valence-corrected chi connectivity index (χ2v) is 5.80. The van der Waals surface area contributed by atoms with Crippen LogP contribution in [0.4, 0.5) is 5.69 Å². The molecule has 2 rings (SSSR count). The number of carbonyl (C=O) groups is 1. The van der Waals surface area contributed by atoms with E-state index >= 15 is 0 Å². The Morgan fingerprint density at radius 1 is 1.09 bits per heavy atom. The molecule has 0 unspecified atom stereocenters. The highest BCUT2D eigenvalue weighted by Crippen LogP contribution is 2.21. The molecule has 1 heterocycles. The first-order chi connectivity index (χ1) is 10.6. The van der Waals surface area contributed by atoms with Crippen molar-refractivity contribution in [2.45, 2.75) is 13.8 Å². The summed E-state index contributed by atoms with van der Waals surface area (Å²) in [5, 5.41) is 0. The van der Waals surface area contributed by atoms with Crippen LogP contribution < -0.4 is 9.64 Å². The lowest BCUT2D eigenvalue weighted by Crippen LogP contribution is -2.49. The number of hydrogen-bond donors (Lipinski definition) is 0. The lowest BCUT2D eigenvalue weighted by Gasteiger charge is -2.37. The molecule has 1 aliphatic heterocycles. The van der Waals surface area contributed by atoms with Crippen molar-refractivity contribution in [1.29, 1.82) is 0 Å². The number of methoxy groups -OCH3 is 1. The van der Waals surface area contributed by atoms with E-state index in [0.717, 1.165) is 31.9 Å². The SMILES string of the molecule is COCCOc1ccc(N2CCN(C(=O)C(C)C)CC2)cc1. The van der Waals surface area contributed by atoms with E-state index in [9.17, 15) is 4.79 Å². The van der Waals surface area contributed by atoms with Crippen LogP contribution in [0.3, 0.4) is 0 Å². The first-order valence-corrected chi connectivity index (χ1v) is 7.87. The van der Waals surface area contributed by atoms with Gasteiger partial charge < -0.3 is 19.3 Å². The standard InChI is InChI=1S/C17H26N2O3/c1-14(2)17(20)19-10-8-18(9-11-19)15-4-6-16(7-5-15)22-13-12-21-3/h4-7,14H,8-13H2,1-3H3. The van der Waals surface area contributed by atoms with Gasteiger partial charge in [0.05, 0.1) is 6.61 Å². The number of ether oxygens (including phenoxy) is 2. The summed E-state index contributed by atoms with van der Waals surface area (Å²) >= 11 is 0. The number of piperazine rings is 1. The van der Waals surface area contributed by atoms with Crippen LogP contribution in [0.1, 0.15) is 13.8 Å². The Labute approximate surface area is 132 Å². The number of rotatable bonds is 6. The summed E-state index contributed by atoms with van der Waals surface area (Å²) in [7, 11) is 1.66. The van der Waals surface area contributed by atoms with Gasteiger partial charge in [-0.15, -0.1) is 0 Å². The molecular weight excluding hydrogens is 280 g/mol. The second-order valence-electron chi connectivity index (χ2n) is 5.80. The summed E-state index contributed by atoms with van der Waals surface area (Å²) in [5.41, 5.74) is 1.18. The lowest BCUT2D eigenvalue weighted by atomic mass is 10.1. The fourth-order valence-corrected chi connectivity index (χ4v) is 2.55. The first kappa shape index (κ1) is 16.6. The number of benzene rings is 1. The van der Waals surface area contributed by atoms with Crippen molar-refractivity contribution in [2.75, 3.05) is 51.4 Å². The highest BCUT2D eigenvalue weighted by molar-refractivity contribution is 5.78.